The molecule has 3 aromatic rings. The van der Waals surface area contributed by atoms with E-state index >= 15 is 0 Å². The maximum absolute atomic E-state index is 14.6. The average molecular weight is 453 g/mol. The lowest BCUT2D eigenvalue weighted by molar-refractivity contribution is 0.146. The Morgan fingerprint density at radius 1 is 1.16 bits per heavy atom. The molecular weight excluding hydrogens is 429 g/mol. The first-order valence-electron chi connectivity index (χ1n) is 9.87. The number of fused-ring (bicyclic) bond motifs is 1. The van der Waals surface area contributed by atoms with Crippen molar-refractivity contribution in [2.75, 3.05) is 5.32 Å². The van der Waals surface area contributed by atoms with Crippen LogP contribution in [0.3, 0.4) is 0 Å². The third kappa shape index (κ3) is 3.89. The zero-order valence-corrected chi connectivity index (χ0v) is 18.5. The average Bonchev–Trinajstić information content (AvgIpc) is 3.44. The number of benzene rings is 1. The van der Waals surface area contributed by atoms with E-state index in [0.717, 1.165) is 18.9 Å². The van der Waals surface area contributed by atoms with Crippen molar-refractivity contribution in [2.45, 2.75) is 58.5 Å². The molecule has 0 saturated heterocycles. The summed E-state index contributed by atoms with van der Waals surface area (Å²) in [7, 11) is 0. The first-order valence-corrected chi connectivity index (χ1v) is 9.87. The molecule has 1 atom stereocenters. The Hall–Kier alpha value is -2.61. The number of halogens is 4. The fourth-order valence-electron chi connectivity index (χ4n) is 3.90. The van der Waals surface area contributed by atoms with Crippen LogP contribution in [0.5, 0.6) is 0 Å². The lowest BCUT2D eigenvalue weighted by atomic mass is 10.0. The number of nitrogens with one attached hydrogen (secondary N) is 1. The molecule has 1 N–H and O–H groups in total. The highest BCUT2D eigenvalue weighted by Crippen LogP contribution is 2.42. The third-order valence-corrected chi connectivity index (χ3v) is 6.03. The zero-order chi connectivity index (χ0) is 21.8. The van der Waals surface area contributed by atoms with Crippen molar-refractivity contribution in [3.05, 3.63) is 63.0 Å². The smallest absolute Gasteiger partial charge is 0.266 e. The molecule has 1 aliphatic rings. The van der Waals surface area contributed by atoms with Crippen LogP contribution in [0, 0.1) is 19.7 Å². The van der Waals surface area contributed by atoms with Crippen LogP contribution in [0.25, 0.3) is 10.8 Å². The Morgan fingerprint density at radius 2 is 1.81 bits per heavy atom. The molecule has 5 nitrogen and oxygen atoms in total. The van der Waals surface area contributed by atoms with Crippen LogP contribution in [-0.4, -0.2) is 14.8 Å². The molecule has 31 heavy (non-hydrogen) atoms. The molecule has 0 unspecified atom stereocenters. The van der Waals surface area contributed by atoms with Gasteiger partial charge in [0.1, 0.15) is 5.82 Å². The van der Waals surface area contributed by atoms with Crippen molar-refractivity contribution in [1.82, 2.24) is 14.8 Å². The van der Waals surface area contributed by atoms with Gasteiger partial charge in [-0.2, -0.15) is 5.10 Å². The summed E-state index contributed by atoms with van der Waals surface area (Å²) in [5.41, 5.74) is 0.405. The zero-order valence-electron chi connectivity index (χ0n) is 17.7. The van der Waals surface area contributed by atoms with Crippen LogP contribution >= 0.6 is 12.4 Å². The number of hydrogen-bond donors (Lipinski definition) is 1. The fraction of sp³-hybridized carbons (Fsp3) is 0.409. The Balaban J connectivity index is 0.00000272. The van der Waals surface area contributed by atoms with Gasteiger partial charge in [0.25, 0.3) is 12.0 Å². The summed E-state index contributed by atoms with van der Waals surface area (Å²) in [4.78, 5) is 12.9. The van der Waals surface area contributed by atoms with Gasteiger partial charge in [0.05, 0.1) is 17.3 Å². The molecule has 0 aliphatic heterocycles. The van der Waals surface area contributed by atoms with Crippen molar-refractivity contribution in [2.24, 2.45) is 0 Å². The number of rotatable bonds is 5. The lowest BCUT2D eigenvalue weighted by Crippen LogP contribution is -2.30. The molecule has 1 aromatic carbocycles. The predicted molar refractivity (Wildman–Crippen MR) is 117 cm³/mol. The second-order valence-electron chi connectivity index (χ2n) is 8.27. The van der Waals surface area contributed by atoms with Crippen molar-refractivity contribution < 1.29 is 13.2 Å². The van der Waals surface area contributed by atoms with E-state index in [-0.39, 0.29) is 29.1 Å². The Kier molecular flexibility index (Phi) is 6.06. The minimum atomic E-state index is -2.89. The number of aryl methyl sites for hydroxylation is 2. The third-order valence-electron chi connectivity index (χ3n) is 6.03. The summed E-state index contributed by atoms with van der Waals surface area (Å²) in [5, 5.41) is 12.9. The quantitative estimate of drug-likeness (QED) is 0.548. The predicted octanol–water partition coefficient (Wildman–Crippen LogP) is 5.59. The summed E-state index contributed by atoms with van der Waals surface area (Å²) in [6.07, 6.45) is 0.717. The molecule has 0 spiro atoms. The fourth-order valence-corrected chi connectivity index (χ4v) is 3.90. The van der Waals surface area contributed by atoms with E-state index in [4.69, 9.17) is 0 Å². The number of alkyl halides is 2. The monoisotopic (exact) mass is 452 g/mol. The van der Waals surface area contributed by atoms with Crippen LogP contribution in [0.2, 0.25) is 0 Å². The molecule has 4 rings (SSSR count). The molecule has 2 heterocycles. The van der Waals surface area contributed by atoms with Gasteiger partial charge in [-0.05, 0) is 40.5 Å². The minimum Gasteiger partial charge on any atom is -0.361 e. The maximum atomic E-state index is 14.6. The van der Waals surface area contributed by atoms with Crippen LogP contribution in [-0.2, 0) is 5.54 Å². The second kappa shape index (κ2) is 8.15. The summed E-state index contributed by atoms with van der Waals surface area (Å²) in [6, 6.07) is 3.32. The summed E-state index contributed by atoms with van der Waals surface area (Å²) < 4.78 is 42.5. The lowest BCUT2D eigenvalue weighted by Gasteiger charge is -2.21. The van der Waals surface area contributed by atoms with Gasteiger partial charge in [-0.15, -0.1) is 17.5 Å². The van der Waals surface area contributed by atoms with E-state index in [1.165, 1.54) is 12.1 Å². The first-order chi connectivity index (χ1) is 14.1. The molecule has 1 aliphatic carbocycles. The first kappa shape index (κ1) is 23.1. The highest BCUT2D eigenvalue weighted by molar-refractivity contribution is 5.94. The Bertz CT molecular complexity index is 1210. The Labute approximate surface area is 184 Å². The molecule has 1 fully saturated rings. The largest absolute Gasteiger partial charge is 0.361 e. The van der Waals surface area contributed by atoms with E-state index in [1.807, 2.05) is 6.92 Å². The Morgan fingerprint density at radius 3 is 2.42 bits per heavy atom. The van der Waals surface area contributed by atoms with E-state index < -0.39 is 23.8 Å². The minimum absolute atomic E-state index is 0. The van der Waals surface area contributed by atoms with Gasteiger partial charge in [-0.25, -0.2) is 13.2 Å². The number of hydrogen-bond acceptors (Lipinski definition) is 4. The maximum Gasteiger partial charge on any atom is 0.266 e. The molecule has 9 heteroatoms. The van der Waals surface area contributed by atoms with Gasteiger partial charge in [-0.1, -0.05) is 18.2 Å². The van der Waals surface area contributed by atoms with E-state index in [9.17, 15) is 18.0 Å². The molecule has 2 aromatic heterocycles. The van der Waals surface area contributed by atoms with Crippen molar-refractivity contribution in [3.63, 3.8) is 0 Å². The van der Waals surface area contributed by atoms with Crippen molar-refractivity contribution in [1.29, 1.82) is 0 Å². The normalized spacial score (nSPS) is 15.6. The number of pyridine rings is 1. The van der Waals surface area contributed by atoms with Gasteiger partial charge in [0.2, 0.25) is 0 Å². The second-order valence-corrected chi connectivity index (χ2v) is 8.27. The number of nitrogens with zero attached hydrogens (tertiary/aromatic N) is 3. The highest BCUT2D eigenvalue weighted by atomic mass is 35.5. The molecule has 0 amide bonds. The van der Waals surface area contributed by atoms with Crippen molar-refractivity contribution >= 4 is 29.0 Å². The van der Waals surface area contributed by atoms with E-state index in [1.54, 1.807) is 31.5 Å². The topological polar surface area (TPSA) is 59.8 Å². The molecule has 0 bridgehead atoms. The molecular formula is C22H24ClF3N4O. The van der Waals surface area contributed by atoms with Crippen LogP contribution in [0.4, 0.5) is 19.0 Å². The summed E-state index contributed by atoms with van der Waals surface area (Å²) in [5.74, 6) is -0.554. The van der Waals surface area contributed by atoms with E-state index in [0.29, 0.717) is 27.8 Å². The molecule has 0 radical (unpaired) electrons. The van der Waals surface area contributed by atoms with Crippen LogP contribution in [0.1, 0.15) is 61.5 Å². The summed E-state index contributed by atoms with van der Waals surface area (Å²) in [6.45, 7) is 7.25. The highest BCUT2D eigenvalue weighted by Gasteiger charge is 2.40. The standard InChI is InChI=1S/C22H23F3N4O.ClH/c1-11-17-13(3)27-28-20(16(17)10-29(21(11)30)22(4)8-9-22)26-12(2)14-6-5-7-15(18(14)23)19(24)25;/h5-7,10,12,19H,8-9H2,1-4H3,(H,26,28);1H/t12-;/m1./s1. The number of aromatic nitrogens is 3. The van der Waals surface area contributed by atoms with Gasteiger partial charge in [0.15, 0.2) is 5.82 Å². The van der Waals surface area contributed by atoms with Gasteiger partial charge < -0.3 is 9.88 Å². The van der Waals surface area contributed by atoms with Gasteiger partial charge in [0, 0.05) is 33.6 Å². The SMILES string of the molecule is Cc1nnc(N[C@H](C)c2cccc(C(F)F)c2F)c2cn(C3(C)CC3)c(=O)c(C)c12.Cl. The summed E-state index contributed by atoms with van der Waals surface area (Å²) >= 11 is 0. The van der Waals surface area contributed by atoms with E-state index in [2.05, 4.69) is 15.5 Å². The molecule has 1 saturated carbocycles. The van der Waals surface area contributed by atoms with Crippen LogP contribution in [0.15, 0.2) is 29.2 Å². The number of anilines is 1. The van der Waals surface area contributed by atoms with Crippen molar-refractivity contribution in [3.8, 4) is 0 Å². The molecule has 166 valence electrons. The van der Waals surface area contributed by atoms with Gasteiger partial charge in [-0.3, -0.25) is 4.79 Å². The van der Waals surface area contributed by atoms with Crippen LogP contribution < -0.4 is 10.9 Å². The van der Waals surface area contributed by atoms with Gasteiger partial charge >= 0.3 is 0 Å².